The van der Waals surface area contributed by atoms with Crippen LogP contribution in [-0.4, -0.2) is 90.2 Å². The van der Waals surface area contributed by atoms with Crippen molar-refractivity contribution in [2.45, 2.75) is 38.1 Å². The van der Waals surface area contributed by atoms with E-state index in [2.05, 4.69) is 0 Å². The predicted molar refractivity (Wildman–Crippen MR) is 97.3 cm³/mol. The maximum atomic E-state index is 5.73. The summed E-state index contributed by atoms with van der Waals surface area (Å²) in [5.74, 6) is 0. The Morgan fingerprint density at radius 3 is 1.28 bits per heavy atom. The third kappa shape index (κ3) is 16.8. The van der Waals surface area contributed by atoms with Crippen LogP contribution in [0.15, 0.2) is 0 Å². The zero-order valence-corrected chi connectivity index (χ0v) is 15.7. The Hall–Kier alpha value is -0.360. The molecule has 0 fully saturated rings. The maximum absolute atomic E-state index is 5.73. The standard InChI is InChI=1S/C16H38N4O5/c1-13(19)7-24-15(9-21-5-3-17)11-23-12-16(10-22-6-4-18)25-8-14(2)20/h13-16H,3-12,17-20H2,1-2H3. The minimum Gasteiger partial charge on any atom is -0.377 e. The molecule has 0 saturated heterocycles. The van der Waals surface area contributed by atoms with Crippen LogP contribution in [-0.2, 0) is 23.7 Å². The molecule has 0 rings (SSSR count). The lowest BCUT2D eigenvalue weighted by molar-refractivity contribution is -0.0960. The Labute approximate surface area is 151 Å². The fourth-order valence-electron chi connectivity index (χ4n) is 1.79. The van der Waals surface area contributed by atoms with Crippen molar-refractivity contribution in [3.63, 3.8) is 0 Å². The summed E-state index contributed by atoms with van der Waals surface area (Å²) in [5, 5.41) is 0. The van der Waals surface area contributed by atoms with E-state index in [9.17, 15) is 0 Å². The summed E-state index contributed by atoms with van der Waals surface area (Å²) < 4.78 is 28.0. The molecule has 0 heterocycles. The van der Waals surface area contributed by atoms with E-state index in [0.717, 1.165) is 0 Å². The number of rotatable bonds is 18. The van der Waals surface area contributed by atoms with Crippen LogP contribution >= 0.6 is 0 Å². The summed E-state index contributed by atoms with van der Waals surface area (Å²) in [6.07, 6.45) is -0.423. The molecule has 0 amide bonds. The van der Waals surface area contributed by atoms with Crippen molar-refractivity contribution in [1.82, 2.24) is 0 Å². The first-order valence-electron chi connectivity index (χ1n) is 8.87. The van der Waals surface area contributed by atoms with E-state index >= 15 is 0 Å². The molecule has 0 aromatic heterocycles. The van der Waals surface area contributed by atoms with Gasteiger partial charge in [-0.1, -0.05) is 0 Å². The molecule has 0 aromatic carbocycles. The third-order valence-corrected chi connectivity index (χ3v) is 2.93. The first kappa shape index (κ1) is 24.6. The average Bonchev–Trinajstić information content (AvgIpc) is 2.56. The van der Waals surface area contributed by atoms with E-state index in [1.54, 1.807) is 0 Å². The Morgan fingerprint density at radius 1 is 0.600 bits per heavy atom. The molecule has 0 aliphatic carbocycles. The lowest BCUT2D eigenvalue weighted by atomic mass is 10.3. The molecule has 9 heteroatoms. The van der Waals surface area contributed by atoms with Crippen LogP contribution in [0.2, 0.25) is 0 Å². The van der Waals surface area contributed by atoms with Crippen molar-refractivity contribution >= 4 is 0 Å². The number of hydrogen-bond acceptors (Lipinski definition) is 9. The third-order valence-electron chi connectivity index (χ3n) is 2.93. The van der Waals surface area contributed by atoms with Crippen molar-refractivity contribution in [3.8, 4) is 0 Å². The van der Waals surface area contributed by atoms with Gasteiger partial charge in [0.25, 0.3) is 0 Å². The molecule has 0 aliphatic heterocycles. The molecular formula is C16H38N4O5. The van der Waals surface area contributed by atoms with Crippen molar-refractivity contribution in [2.24, 2.45) is 22.9 Å². The summed E-state index contributed by atoms with van der Waals surface area (Å²) in [4.78, 5) is 0. The highest BCUT2D eigenvalue weighted by Crippen LogP contribution is 2.01. The molecule has 25 heavy (non-hydrogen) atoms. The number of nitrogens with two attached hydrogens (primary N) is 4. The van der Waals surface area contributed by atoms with Gasteiger partial charge < -0.3 is 46.6 Å². The van der Waals surface area contributed by atoms with Crippen LogP contribution in [0.25, 0.3) is 0 Å². The molecule has 8 N–H and O–H groups in total. The van der Waals surface area contributed by atoms with Gasteiger partial charge in [0.15, 0.2) is 0 Å². The highest BCUT2D eigenvalue weighted by Gasteiger charge is 2.15. The molecule has 9 nitrogen and oxygen atoms in total. The Kier molecular flexibility index (Phi) is 16.8. The van der Waals surface area contributed by atoms with Crippen LogP contribution < -0.4 is 22.9 Å². The van der Waals surface area contributed by atoms with Crippen molar-refractivity contribution < 1.29 is 23.7 Å². The van der Waals surface area contributed by atoms with Gasteiger partial charge in [-0.3, -0.25) is 0 Å². The van der Waals surface area contributed by atoms with Gasteiger partial charge in [0.05, 0.1) is 52.9 Å². The monoisotopic (exact) mass is 366 g/mol. The molecule has 0 radical (unpaired) electrons. The van der Waals surface area contributed by atoms with E-state index < -0.39 is 0 Å². The zero-order chi connectivity index (χ0) is 18.9. The van der Waals surface area contributed by atoms with Gasteiger partial charge >= 0.3 is 0 Å². The molecule has 0 spiro atoms. The molecule has 0 aliphatic rings. The van der Waals surface area contributed by atoms with Gasteiger partial charge in [-0.15, -0.1) is 0 Å². The van der Waals surface area contributed by atoms with Crippen molar-refractivity contribution in [1.29, 1.82) is 0 Å². The summed E-state index contributed by atoms with van der Waals surface area (Å²) in [5.41, 5.74) is 22.3. The SMILES string of the molecule is CC(N)COC(COCCN)COCC(COCCN)OCC(C)N. The smallest absolute Gasteiger partial charge is 0.104 e. The summed E-state index contributed by atoms with van der Waals surface area (Å²) in [6.45, 7) is 8.05. The maximum Gasteiger partial charge on any atom is 0.104 e. The highest BCUT2D eigenvalue weighted by atomic mass is 16.6. The van der Waals surface area contributed by atoms with Crippen molar-refractivity contribution in [2.75, 3.05) is 65.9 Å². The quantitative estimate of drug-likeness (QED) is 0.211. The minimum atomic E-state index is -0.211. The highest BCUT2D eigenvalue weighted by molar-refractivity contribution is 4.63. The first-order chi connectivity index (χ1) is 12.0. The summed E-state index contributed by atoms with van der Waals surface area (Å²) >= 11 is 0. The van der Waals surface area contributed by atoms with Crippen LogP contribution in [0.3, 0.4) is 0 Å². The zero-order valence-electron chi connectivity index (χ0n) is 15.7. The molecule has 0 saturated carbocycles. The van der Waals surface area contributed by atoms with E-state index in [-0.39, 0.29) is 24.3 Å². The molecule has 4 unspecified atom stereocenters. The predicted octanol–water partition coefficient (Wildman–Crippen LogP) is -1.58. The fourth-order valence-corrected chi connectivity index (χ4v) is 1.79. The molecule has 0 bridgehead atoms. The van der Waals surface area contributed by atoms with Crippen LogP contribution in [0.1, 0.15) is 13.8 Å². The lowest BCUT2D eigenvalue weighted by Gasteiger charge is -2.22. The largest absolute Gasteiger partial charge is 0.377 e. The van der Waals surface area contributed by atoms with Gasteiger partial charge in [-0.25, -0.2) is 0 Å². The number of ether oxygens (including phenoxy) is 5. The fraction of sp³-hybridized carbons (Fsp3) is 1.00. The van der Waals surface area contributed by atoms with E-state index in [1.807, 2.05) is 13.8 Å². The van der Waals surface area contributed by atoms with Gasteiger partial charge in [-0.05, 0) is 13.8 Å². The molecule has 152 valence electrons. The average molecular weight is 367 g/mol. The van der Waals surface area contributed by atoms with E-state index in [1.165, 1.54) is 0 Å². The lowest BCUT2D eigenvalue weighted by Crippen LogP contribution is -2.35. The molecule has 4 atom stereocenters. The van der Waals surface area contributed by atoms with E-state index in [4.69, 9.17) is 46.6 Å². The van der Waals surface area contributed by atoms with Crippen molar-refractivity contribution in [3.05, 3.63) is 0 Å². The number of hydrogen-bond donors (Lipinski definition) is 4. The normalized spacial score (nSPS) is 16.6. The van der Waals surface area contributed by atoms with E-state index in [0.29, 0.717) is 65.9 Å². The second-order valence-electron chi connectivity index (χ2n) is 6.13. The van der Waals surface area contributed by atoms with Crippen LogP contribution in [0.5, 0.6) is 0 Å². The minimum absolute atomic E-state index is 0.0520. The molecule has 0 aromatic rings. The van der Waals surface area contributed by atoms with Crippen LogP contribution in [0.4, 0.5) is 0 Å². The van der Waals surface area contributed by atoms with Gasteiger partial charge in [0.1, 0.15) is 12.2 Å². The Morgan fingerprint density at radius 2 is 0.960 bits per heavy atom. The summed E-state index contributed by atoms with van der Waals surface area (Å²) in [6, 6.07) is -0.104. The summed E-state index contributed by atoms with van der Waals surface area (Å²) in [7, 11) is 0. The van der Waals surface area contributed by atoms with Gasteiger partial charge in [0.2, 0.25) is 0 Å². The Bertz CT molecular complexity index is 259. The topological polar surface area (TPSA) is 150 Å². The first-order valence-corrected chi connectivity index (χ1v) is 8.87. The second-order valence-corrected chi connectivity index (χ2v) is 6.13. The van der Waals surface area contributed by atoms with Gasteiger partial charge in [-0.2, -0.15) is 0 Å². The molecular weight excluding hydrogens is 328 g/mol. The van der Waals surface area contributed by atoms with Crippen LogP contribution in [0, 0.1) is 0 Å². The second kappa shape index (κ2) is 17.1. The van der Waals surface area contributed by atoms with Gasteiger partial charge in [0, 0.05) is 25.2 Å². The Balaban J connectivity index is 4.22.